The Balaban J connectivity index is 1.82. The molecule has 106 valence electrons. The van der Waals surface area contributed by atoms with Crippen molar-refractivity contribution >= 4 is 17.6 Å². The number of benzene rings is 1. The van der Waals surface area contributed by atoms with Gasteiger partial charge in [-0.25, -0.2) is 0 Å². The van der Waals surface area contributed by atoms with E-state index in [4.69, 9.17) is 14.2 Å². The van der Waals surface area contributed by atoms with E-state index in [9.17, 15) is 9.59 Å². The molecule has 0 bridgehead atoms. The zero-order valence-corrected chi connectivity index (χ0v) is 11.1. The van der Waals surface area contributed by atoms with Crippen molar-refractivity contribution in [2.24, 2.45) is 5.92 Å². The summed E-state index contributed by atoms with van der Waals surface area (Å²) < 4.78 is 15.6. The number of ether oxygens (including phenoxy) is 3. The Morgan fingerprint density at radius 3 is 2.80 bits per heavy atom. The normalized spacial score (nSPS) is 20.9. The van der Waals surface area contributed by atoms with Crippen molar-refractivity contribution < 1.29 is 23.8 Å². The summed E-state index contributed by atoms with van der Waals surface area (Å²) >= 11 is 0. The molecule has 0 aromatic heterocycles. The number of amides is 1. The van der Waals surface area contributed by atoms with Crippen LogP contribution in [0.5, 0.6) is 11.5 Å². The number of hydrogen-bond donors (Lipinski definition) is 0. The molecule has 2 heterocycles. The number of fused-ring (bicyclic) bond motifs is 1. The van der Waals surface area contributed by atoms with Crippen molar-refractivity contribution in [1.29, 1.82) is 0 Å². The Morgan fingerprint density at radius 1 is 1.30 bits per heavy atom. The van der Waals surface area contributed by atoms with Crippen LogP contribution in [0.2, 0.25) is 0 Å². The van der Waals surface area contributed by atoms with E-state index >= 15 is 0 Å². The number of rotatable bonds is 2. The molecule has 1 atom stereocenters. The summed E-state index contributed by atoms with van der Waals surface area (Å²) in [5.41, 5.74) is 0.714. The number of anilines is 1. The molecule has 2 aliphatic heterocycles. The van der Waals surface area contributed by atoms with Crippen LogP contribution in [0.1, 0.15) is 6.42 Å². The van der Waals surface area contributed by atoms with E-state index < -0.39 is 5.92 Å². The van der Waals surface area contributed by atoms with E-state index in [1.165, 1.54) is 7.11 Å². The predicted octanol–water partition coefficient (Wildman–Crippen LogP) is 0.984. The molecule has 1 aromatic rings. The first-order valence-corrected chi connectivity index (χ1v) is 6.47. The molecule has 2 aliphatic rings. The minimum atomic E-state index is -0.402. The third-order valence-corrected chi connectivity index (χ3v) is 3.50. The summed E-state index contributed by atoms with van der Waals surface area (Å²) in [6.45, 7) is 1.36. The van der Waals surface area contributed by atoms with Gasteiger partial charge in [-0.05, 0) is 12.1 Å². The first-order chi connectivity index (χ1) is 9.69. The molecule has 0 radical (unpaired) electrons. The number of hydrogen-bond acceptors (Lipinski definition) is 5. The number of esters is 1. The molecule has 0 unspecified atom stereocenters. The lowest BCUT2D eigenvalue weighted by molar-refractivity contribution is -0.145. The molecular formula is C14H15NO5. The summed E-state index contributed by atoms with van der Waals surface area (Å²) in [4.78, 5) is 25.1. The molecule has 1 amide bonds. The second kappa shape index (κ2) is 5.03. The second-order valence-electron chi connectivity index (χ2n) is 4.76. The highest BCUT2D eigenvalue weighted by molar-refractivity contribution is 5.99. The Bertz CT molecular complexity index is 556. The molecule has 0 saturated carbocycles. The van der Waals surface area contributed by atoms with Gasteiger partial charge in [-0.2, -0.15) is 0 Å². The van der Waals surface area contributed by atoms with Gasteiger partial charge in [-0.1, -0.05) is 0 Å². The van der Waals surface area contributed by atoms with E-state index in [1.807, 2.05) is 0 Å². The average molecular weight is 277 g/mol. The Hall–Kier alpha value is -2.24. The Labute approximate surface area is 116 Å². The molecule has 6 heteroatoms. The van der Waals surface area contributed by atoms with Crippen LogP contribution in [0.15, 0.2) is 18.2 Å². The largest absolute Gasteiger partial charge is 0.486 e. The van der Waals surface area contributed by atoms with Crippen molar-refractivity contribution in [3.05, 3.63) is 18.2 Å². The molecule has 6 nitrogen and oxygen atoms in total. The fourth-order valence-corrected chi connectivity index (χ4v) is 2.48. The van der Waals surface area contributed by atoms with E-state index in [-0.39, 0.29) is 18.3 Å². The average Bonchev–Trinajstić information content (AvgIpc) is 2.88. The smallest absolute Gasteiger partial charge is 0.311 e. The second-order valence-corrected chi connectivity index (χ2v) is 4.76. The lowest BCUT2D eigenvalue weighted by atomic mass is 10.1. The van der Waals surface area contributed by atoms with Crippen LogP contribution in [0.4, 0.5) is 5.69 Å². The summed E-state index contributed by atoms with van der Waals surface area (Å²) in [7, 11) is 1.33. The topological polar surface area (TPSA) is 65.1 Å². The third kappa shape index (κ3) is 2.17. The molecule has 0 aliphatic carbocycles. The third-order valence-electron chi connectivity index (χ3n) is 3.50. The molecule has 3 rings (SSSR count). The van der Waals surface area contributed by atoms with Gasteiger partial charge in [0.2, 0.25) is 5.91 Å². The van der Waals surface area contributed by atoms with Crippen molar-refractivity contribution in [1.82, 2.24) is 0 Å². The lowest BCUT2D eigenvalue weighted by Crippen LogP contribution is -2.26. The van der Waals surface area contributed by atoms with Crippen LogP contribution in [0.25, 0.3) is 0 Å². The van der Waals surface area contributed by atoms with Gasteiger partial charge in [-0.3, -0.25) is 9.59 Å². The van der Waals surface area contributed by atoms with Crippen LogP contribution in [0.3, 0.4) is 0 Å². The van der Waals surface area contributed by atoms with Gasteiger partial charge in [0.15, 0.2) is 11.5 Å². The van der Waals surface area contributed by atoms with E-state index in [0.29, 0.717) is 36.9 Å². The van der Waals surface area contributed by atoms with Crippen LogP contribution in [-0.2, 0) is 14.3 Å². The minimum absolute atomic E-state index is 0.0860. The van der Waals surface area contributed by atoms with Gasteiger partial charge in [0, 0.05) is 24.7 Å². The molecule has 0 N–H and O–H groups in total. The standard InChI is InChI=1S/C14H15NO5/c1-18-14(17)9-6-13(16)15(8-9)10-2-3-11-12(7-10)20-5-4-19-11/h2-3,7,9H,4-6,8H2,1H3/t9-/m0/s1. The number of nitrogens with zero attached hydrogens (tertiary/aromatic N) is 1. The maximum absolute atomic E-state index is 12.0. The van der Waals surface area contributed by atoms with Gasteiger partial charge >= 0.3 is 5.97 Å². The van der Waals surface area contributed by atoms with Gasteiger partial charge in [0.25, 0.3) is 0 Å². The quantitative estimate of drug-likeness (QED) is 0.754. The van der Waals surface area contributed by atoms with Crippen LogP contribution < -0.4 is 14.4 Å². The van der Waals surface area contributed by atoms with E-state index in [2.05, 4.69) is 0 Å². The summed E-state index contributed by atoms with van der Waals surface area (Å²) in [5, 5.41) is 0. The van der Waals surface area contributed by atoms with E-state index in [1.54, 1.807) is 23.1 Å². The van der Waals surface area contributed by atoms with Crippen molar-refractivity contribution in [2.75, 3.05) is 31.8 Å². The molecule has 1 aromatic carbocycles. The summed E-state index contributed by atoms with van der Waals surface area (Å²) in [6, 6.07) is 5.35. The highest BCUT2D eigenvalue weighted by Gasteiger charge is 2.36. The zero-order chi connectivity index (χ0) is 14.1. The minimum Gasteiger partial charge on any atom is -0.486 e. The monoisotopic (exact) mass is 277 g/mol. The van der Waals surface area contributed by atoms with Gasteiger partial charge in [-0.15, -0.1) is 0 Å². The molecule has 0 spiro atoms. The van der Waals surface area contributed by atoms with Crippen LogP contribution in [0, 0.1) is 5.92 Å². The fraction of sp³-hybridized carbons (Fsp3) is 0.429. The first-order valence-electron chi connectivity index (χ1n) is 6.47. The van der Waals surface area contributed by atoms with Crippen LogP contribution in [-0.4, -0.2) is 38.7 Å². The number of carbonyl (C=O) groups excluding carboxylic acids is 2. The predicted molar refractivity (Wildman–Crippen MR) is 69.9 cm³/mol. The molecular weight excluding hydrogens is 262 g/mol. The Kier molecular flexibility index (Phi) is 3.22. The maximum Gasteiger partial charge on any atom is 0.311 e. The van der Waals surface area contributed by atoms with Gasteiger partial charge in [0.1, 0.15) is 13.2 Å². The number of carbonyl (C=O) groups is 2. The highest BCUT2D eigenvalue weighted by Crippen LogP contribution is 2.36. The zero-order valence-electron chi connectivity index (χ0n) is 11.1. The maximum atomic E-state index is 12.0. The number of methoxy groups -OCH3 is 1. The van der Waals surface area contributed by atoms with E-state index in [0.717, 1.165) is 0 Å². The summed E-state index contributed by atoms with van der Waals surface area (Å²) in [5.74, 6) is 0.468. The SMILES string of the molecule is COC(=O)[C@H]1CC(=O)N(c2ccc3c(c2)OCCO3)C1. The van der Waals surface area contributed by atoms with Gasteiger partial charge in [0.05, 0.1) is 13.0 Å². The van der Waals surface area contributed by atoms with Crippen molar-refractivity contribution in [2.45, 2.75) is 6.42 Å². The highest BCUT2D eigenvalue weighted by atomic mass is 16.6. The summed E-state index contributed by atoms with van der Waals surface area (Å²) in [6.07, 6.45) is 0.182. The van der Waals surface area contributed by atoms with Crippen molar-refractivity contribution in [3.63, 3.8) is 0 Å². The van der Waals surface area contributed by atoms with Crippen molar-refractivity contribution in [3.8, 4) is 11.5 Å². The van der Waals surface area contributed by atoms with Gasteiger partial charge < -0.3 is 19.1 Å². The molecule has 1 fully saturated rings. The molecule has 20 heavy (non-hydrogen) atoms. The first kappa shape index (κ1) is 12.8. The molecule has 1 saturated heterocycles. The Morgan fingerprint density at radius 2 is 2.05 bits per heavy atom. The van der Waals surface area contributed by atoms with Crippen LogP contribution >= 0.6 is 0 Å². The fourth-order valence-electron chi connectivity index (χ4n) is 2.48. The lowest BCUT2D eigenvalue weighted by Gasteiger charge is -2.22.